The van der Waals surface area contributed by atoms with E-state index in [0.717, 1.165) is 16.2 Å². The molecule has 1 atom stereocenters. The molecule has 0 spiro atoms. The number of anilines is 1. The van der Waals surface area contributed by atoms with Gasteiger partial charge < -0.3 is 10.6 Å². The third kappa shape index (κ3) is 2.63. The van der Waals surface area contributed by atoms with Gasteiger partial charge in [0.05, 0.1) is 12.6 Å². The summed E-state index contributed by atoms with van der Waals surface area (Å²) in [5.41, 5.74) is 7.11. The third-order valence-corrected chi connectivity index (χ3v) is 3.89. The van der Waals surface area contributed by atoms with Crippen molar-refractivity contribution in [3.63, 3.8) is 0 Å². The van der Waals surface area contributed by atoms with Crippen LogP contribution >= 0.6 is 15.9 Å². The van der Waals surface area contributed by atoms with Crippen molar-refractivity contribution in [2.45, 2.75) is 6.04 Å². The molecular weight excluding hydrogens is 340 g/mol. The molecule has 2 N–H and O–H groups in total. The molecule has 0 fully saturated rings. The Bertz CT molecular complexity index is 718. The molecule has 1 heterocycles. The lowest BCUT2D eigenvalue weighted by Gasteiger charge is -2.27. The van der Waals surface area contributed by atoms with Gasteiger partial charge in [-0.3, -0.25) is 4.99 Å². The van der Waals surface area contributed by atoms with Crippen molar-refractivity contribution in [2.24, 2.45) is 10.7 Å². The van der Waals surface area contributed by atoms with E-state index in [1.54, 1.807) is 4.90 Å². The maximum atomic E-state index is 14.0. The van der Waals surface area contributed by atoms with Gasteiger partial charge in [0.2, 0.25) is 0 Å². The molecule has 1 unspecified atom stereocenters. The van der Waals surface area contributed by atoms with Gasteiger partial charge in [0.1, 0.15) is 11.6 Å². The minimum atomic E-state index is -0.600. The highest BCUT2D eigenvalue weighted by atomic mass is 79.9. The van der Waals surface area contributed by atoms with Crippen LogP contribution in [0.5, 0.6) is 0 Å². The van der Waals surface area contributed by atoms with Crippen molar-refractivity contribution in [2.75, 3.05) is 11.4 Å². The van der Waals surface area contributed by atoms with Crippen LogP contribution in [-0.2, 0) is 0 Å². The summed E-state index contributed by atoms with van der Waals surface area (Å²) < 4.78 is 28.0. The zero-order valence-corrected chi connectivity index (χ0v) is 12.5. The lowest BCUT2D eigenvalue weighted by atomic mass is 10.0. The Morgan fingerprint density at radius 3 is 2.71 bits per heavy atom. The lowest BCUT2D eigenvalue weighted by Crippen LogP contribution is -2.36. The van der Waals surface area contributed by atoms with Gasteiger partial charge in [0.25, 0.3) is 0 Å². The fourth-order valence-electron chi connectivity index (χ4n) is 2.44. The van der Waals surface area contributed by atoms with Gasteiger partial charge in [-0.25, -0.2) is 8.78 Å². The van der Waals surface area contributed by atoms with Crippen molar-refractivity contribution in [3.8, 4) is 0 Å². The third-order valence-electron chi connectivity index (χ3n) is 3.39. The average Bonchev–Trinajstić information content (AvgIpc) is 2.80. The molecule has 21 heavy (non-hydrogen) atoms. The van der Waals surface area contributed by atoms with E-state index in [0.29, 0.717) is 18.1 Å². The standard InChI is InChI=1S/C15H12BrF2N3/c16-9-2-1-3-11(6-9)21-14(8-20-15(21)19)12-5-4-10(17)7-13(12)18/h1-7,14H,8H2,(H2,19,20). The maximum Gasteiger partial charge on any atom is 0.196 e. The van der Waals surface area contributed by atoms with E-state index >= 15 is 0 Å². The van der Waals surface area contributed by atoms with E-state index in [9.17, 15) is 8.78 Å². The molecule has 0 saturated carbocycles. The van der Waals surface area contributed by atoms with Crippen LogP contribution in [0.1, 0.15) is 11.6 Å². The highest BCUT2D eigenvalue weighted by Gasteiger charge is 2.30. The highest BCUT2D eigenvalue weighted by molar-refractivity contribution is 9.10. The van der Waals surface area contributed by atoms with Crippen molar-refractivity contribution < 1.29 is 8.78 Å². The Morgan fingerprint density at radius 2 is 2.00 bits per heavy atom. The summed E-state index contributed by atoms with van der Waals surface area (Å²) in [6.07, 6.45) is 0. The molecule has 6 heteroatoms. The van der Waals surface area contributed by atoms with E-state index in [-0.39, 0.29) is 6.04 Å². The van der Waals surface area contributed by atoms with Gasteiger partial charge in [0, 0.05) is 21.8 Å². The van der Waals surface area contributed by atoms with Crippen molar-refractivity contribution in [1.82, 2.24) is 0 Å². The number of hydrogen-bond donors (Lipinski definition) is 1. The van der Waals surface area contributed by atoms with Crippen LogP contribution in [0.4, 0.5) is 14.5 Å². The number of hydrogen-bond acceptors (Lipinski definition) is 3. The zero-order valence-electron chi connectivity index (χ0n) is 10.9. The molecule has 2 aromatic carbocycles. The quantitative estimate of drug-likeness (QED) is 0.897. The molecule has 108 valence electrons. The molecule has 0 aliphatic carbocycles. The minimum absolute atomic E-state index is 0.321. The number of nitrogens with zero attached hydrogens (tertiary/aromatic N) is 2. The Labute approximate surface area is 129 Å². The second-order valence-corrected chi connectivity index (χ2v) is 5.65. The predicted molar refractivity (Wildman–Crippen MR) is 82.2 cm³/mol. The molecule has 3 nitrogen and oxygen atoms in total. The molecule has 1 aliphatic heterocycles. The summed E-state index contributed by atoms with van der Waals surface area (Å²) >= 11 is 3.40. The number of nitrogens with two attached hydrogens (primary N) is 1. The number of halogens is 3. The summed E-state index contributed by atoms with van der Waals surface area (Å²) in [6.45, 7) is 0.334. The number of rotatable bonds is 2. The largest absolute Gasteiger partial charge is 0.369 e. The molecular formula is C15H12BrF2N3. The Morgan fingerprint density at radius 1 is 1.19 bits per heavy atom. The van der Waals surface area contributed by atoms with Crippen LogP contribution in [0.25, 0.3) is 0 Å². The van der Waals surface area contributed by atoms with E-state index in [1.807, 2.05) is 24.3 Å². The molecule has 0 bridgehead atoms. The fraction of sp³-hybridized carbons (Fsp3) is 0.133. The first kappa shape index (κ1) is 14.0. The fourth-order valence-corrected chi connectivity index (χ4v) is 2.83. The van der Waals surface area contributed by atoms with Crippen LogP contribution in [0.15, 0.2) is 51.9 Å². The number of aliphatic imine (C=N–C) groups is 1. The molecule has 0 radical (unpaired) electrons. The molecule has 3 rings (SSSR count). The summed E-state index contributed by atoms with van der Waals surface area (Å²) in [5, 5.41) is 0. The van der Waals surface area contributed by atoms with Crippen LogP contribution in [-0.4, -0.2) is 12.5 Å². The van der Waals surface area contributed by atoms with E-state index < -0.39 is 11.6 Å². The van der Waals surface area contributed by atoms with Crippen LogP contribution in [0.2, 0.25) is 0 Å². The predicted octanol–water partition coefficient (Wildman–Crippen LogP) is 3.60. The first-order valence-electron chi connectivity index (χ1n) is 6.36. The number of benzene rings is 2. The minimum Gasteiger partial charge on any atom is -0.369 e. The van der Waals surface area contributed by atoms with Crippen LogP contribution in [0, 0.1) is 11.6 Å². The Hall–Kier alpha value is -1.95. The summed E-state index contributed by atoms with van der Waals surface area (Å²) in [4.78, 5) is 5.94. The van der Waals surface area contributed by atoms with Crippen LogP contribution < -0.4 is 10.6 Å². The average molecular weight is 352 g/mol. The van der Waals surface area contributed by atoms with Gasteiger partial charge in [-0.1, -0.05) is 28.1 Å². The lowest BCUT2D eigenvalue weighted by molar-refractivity contribution is 0.560. The van der Waals surface area contributed by atoms with Gasteiger partial charge in [0.15, 0.2) is 5.96 Å². The molecule has 1 aliphatic rings. The van der Waals surface area contributed by atoms with Crippen molar-refractivity contribution in [3.05, 3.63) is 64.1 Å². The molecule has 0 saturated heterocycles. The van der Waals surface area contributed by atoms with Gasteiger partial charge in [-0.15, -0.1) is 0 Å². The molecule has 2 aromatic rings. The first-order chi connectivity index (χ1) is 10.1. The first-order valence-corrected chi connectivity index (χ1v) is 7.15. The Kier molecular flexibility index (Phi) is 3.63. The SMILES string of the molecule is NC1=NCC(c2ccc(F)cc2F)N1c1cccc(Br)c1. The number of guanidine groups is 1. The van der Waals surface area contributed by atoms with Crippen molar-refractivity contribution >= 4 is 27.6 Å². The van der Waals surface area contributed by atoms with Crippen molar-refractivity contribution in [1.29, 1.82) is 0 Å². The monoisotopic (exact) mass is 351 g/mol. The zero-order chi connectivity index (χ0) is 15.0. The molecule has 0 aromatic heterocycles. The van der Waals surface area contributed by atoms with Gasteiger partial charge in [-0.2, -0.15) is 0 Å². The second-order valence-electron chi connectivity index (χ2n) is 4.73. The topological polar surface area (TPSA) is 41.6 Å². The normalized spacial score (nSPS) is 18.0. The smallest absolute Gasteiger partial charge is 0.196 e. The summed E-state index contributed by atoms with van der Waals surface area (Å²) in [7, 11) is 0. The molecule has 0 amide bonds. The Balaban J connectivity index is 2.03. The summed E-state index contributed by atoms with van der Waals surface area (Å²) in [6, 6.07) is 10.7. The van der Waals surface area contributed by atoms with Gasteiger partial charge >= 0.3 is 0 Å². The van der Waals surface area contributed by atoms with Gasteiger partial charge in [-0.05, 0) is 24.3 Å². The van der Waals surface area contributed by atoms with Crippen LogP contribution in [0.3, 0.4) is 0 Å². The van der Waals surface area contributed by atoms with E-state index in [4.69, 9.17) is 5.73 Å². The highest BCUT2D eigenvalue weighted by Crippen LogP contribution is 2.33. The van der Waals surface area contributed by atoms with E-state index in [2.05, 4.69) is 20.9 Å². The van der Waals surface area contributed by atoms with E-state index in [1.165, 1.54) is 12.1 Å². The summed E-state index contributed by atoms with van der Waals surface area (Å²) in [5.74, 6) is -0.871. The second kappa shape index (κ2) is 5.44. The maximum absolute atomic E-state index is 14.0.